The number of hydrogen-bond donors (Lipinski definition) is 2. The first-order valence-corrected chi connectivity index (χ1v) is 10.6. The summed E-state index contributed by atoms with van der Waals surface area (Å²) in [6.45, 7) is 7.90. The van der Waals surface area contributed by atoms with Crippen LogP contribution in [-0.4, -0.2) is 23.4 Å². The van der Waals surface area contributed by atoms with Crippen molar-refractivity contribution < 1.29 is 14.3 Å². The lowest BCUT2D eigenvalue weighted by atomic mass is 10.1. The normalized spacial score (nSPS) is 13.8. The van der Waals surface area contributed by atoms with Gasteiger partial charge in [-0.15, -0.1) is 11.3 Å². The highest BCUT2D eigenvalue weighted by Gasteiger charge is 2.21. The van der Waals surface area contributed by atoms with E-state index in [-0.39, 0.29) is 24.5 Å². The van der Waals surface area contributed by atoms with Crippen LogP contribution in [0.3, 0.4) is 0 Å². The molecule has 2 aromatic carbocycles. The van der Waals surface area contributed by atoms with Crippen LogP contribution in [0.25, 0.3) is 10.6 Å². The first-order valence-electron chi connectivity index (χ1n) is 9.74. The van der Waals surface area contributed by atoms with Crippen molar-refractivity contribution in [1.29, 1.82) is 0 Å². The number of aryl methyl sites for hydroxylation is 3. The second kappa shape index (κ2) is 7.91. The van der Waals surface area contributed by atoms with Gasteiger partial charge in [0.2, 0.25) is 0 Å². The molecule has 1 aromatic heterocycles. The highest BCUT2D eigenvalue weighted by atomic mass is 32.1. The van der Waals surface area contributed by atoms with Gasteiger partial charge in [-0.25, -0.2) is 4.98 Å². The van der Waals surface area contributed by atoms with Crippen LogP contribution in [0.15, 0.2) is 36.4 Å². The smallest absolute Gasteiger partial charge is 0.263 e. The van der Waals surface area contributed by atoms with Crippen LogP contribution in [0.1, 0.15) is 45.0 Å². The zero-order valence-electron chi connectivity index (χ0n) is 17.3. The molecule has 30 heavy (non-hydrogen) atoms. The number of thiazole rings is 1. The van der Waals surface area contributed by atoms with Crippen LogP contribution >= 0.6 is 11.3 Å². The number of ether oxygens (including phenoxy) is 1. The van der Waals surface area contributed by atoms with Crippen molar-refractivity contribution in [2.45, 2.75) is 33.7 Å². The molecule has 7 heteroatoms. The number of nitrogens with one attached hydrogen (secondary N) is 2. The van der Waals surface area contributed by atoms with E-state index in [1.54, 1.807) is 0 Å². The summed E-state index contributed by atoms with van der Waals surface area (Å²) < 4.78 is 5.39. The van der Waals surface area contributed by atoms with Crippen LogP contribution in [0.5, 0.6) is 5.75 Å². The third-order valence-electron chi connectivity index (χ3n) is 5.10. The van der Waals surface area contributed by atoms with Crippen molar-refractivity contribution in [2.24, 2.45) is 0 Å². The number of hydrogen-bond acceptors (Lipinski definition) is 5. The number of fused-ring (bicyclic) bond motifs is 1. The Morgan fingerprint density at radius 1 is 1.20 bits per heavy atom. The average Bonchev–Trinajstić information content (AvgIpc) is 3.08. The Morgan fingerprint density at radius 3 is 2.77 bits per heavy atom. The summed E-state index contributed by atoms with van der Waals surface area (Å²) in [4.78, 5) is 29.7. The highest BCUT2D eigenvalue weighted by Crippen LogP contribution is 2.32. The molecule has 0 radical (unpaired) electrons. The van der Waals surface area contributed by atoms with E-state index >= 15 is 0 Å². The standard InChI is InChI=1S/C23H23N3O3S/c1-12-5-7-17(13(2)9-12)23-25-15(4)21(30-23)22(28)24-14(3)16-6-8-19-18(10-16)26-20(27)11-29-19/h5-10,14H,11H2,1-4H3,(H,24,28)(H,26,27). The van der Waals surface area contributed by atoms with Crippen molar-refractivity contribution in [1.82, 2.24) is 10.3 Å². The number of anilines is 1. The Morgan fingerprint density at radius 2 is 2.00 bits per heavy atom. The minimum Gasteiger partial charge on any atom is -0.482 e. The summed E-state index contributed by atoms with van der Waals surface area (Å²) >= 11 is 1.40. The van der Waals surface area contributed by atoms with Crippen LogP contribution in [0.2, 0.25) is 0 Å². The maximum absolute atomic E-state index is 12.9. The first-order chi connectivity index (χ1) is 14.3. The maximum atomic E-state index is 12.9. The Kier molecular flexibility index (Phi) is 5.30. The number of carbonyl (C=O) groups excluding carboxylic acids is 2. The molecule has 2 heterocycles. The van der Waals surface area contributed by atoms with E-state index in [4.69, 9.17) is 4.74 Å². The molecule has 0 saturated heterocycles. The van der Waals surface area contributed by atoms with E-state index < -0.39 is 0 Å². The minimum atomic E-state index is -0.243. The third kappa shape index (κ3) is 3.93. The maximum Gasteiger partial charge on any atom is 0.263 e. The molecule has 1 atom stereocenters. The molecule has 2 amide bonds. The van der Waals surface area contributed by atoms with E-state index in [9.17, 15) is 9.59 Å². The molecule has 1 aliphatic rings. The summed E-state index contributed by atoms with van der Waals surface area (Å²) in [7, 11) is 0. The molecule has 0 spiro atoms. The van der Waals surface area contributed by atoms with Gasteiger partial charge in [0.05, 0.1) is 17.4 Å². The largest absolute Gasteiger partial charge is 0.482 e. The molecule has 6 nitrogen and oxygen atoms in total. The van der Waals surface area contributed by atoms with Crippen molar-refractivity contribution in [3.05, 3.63) is 63.7 Å². The van der Waals surface area contributed by atoms with Gasteiger partial charge in [0.25, 0.3) is 11.8 Å². The summed E-state index contributed by atoms with van der Waals surface area (Å²) in [5.74, 6) is 0.287. The predicted octanol–water partition coefficient (Wildman–Crippen LogP) is 4.56. The van der Waals surface area contributed by atoms with Gasteiger partial charge >= 0.3 is 0 Å². The number of aromatic nitrogens is 1. The van der Waals surface area contributed by atoms with Gasteiger partial charge in [-0.3, -0.25) is 9.59 Å². The van der Waals surface area contributed by atoms with Crippen LogP contribution in [0, 0.1) is 20.8 Å². The molecule has 0 saturated carbocycles. The monoisotopic (exact) mass is 421 g/mol. The molecule has 0 aliphatic carbocycles. The fourth-order valence-corrected chi connectivity index (χ4v) is 4.55. The zero-order valence-corrected chi connectivity index (χ0v) is 18.1. The van der Waals surface area contributed by atoms with E-state index in [1.165, 1.54) is 16.9 Å². The van der Waals surface area contributed by atoms with Gasteiger partial charge in [-0.2, -0.15) is 0 Å². The van der Waals surface area contributed by atoms with Crippen LogP contribution < -0.4 is 15.4 Å². The van der Waals surface area contributed by atoms with E-state index in [0.29, 0.717) is 22.0 Å². The minimum absolute atomic E-state index is 0.0199. The summed E-state index contributed by atoms with van der Waals surface area (Å²) in [5.41, 5.74) is 5.60. The van der Waals surface area contributed by atoms with Gasteiger partial charge < -0.3 is 15.4 Å². The van der Waals surface area contributed by atoms with E-state index in [0.717, 1.165) is 21.7 Å². The van der Waals surface area contributed by atoms with E-state index in [1.807, 2.05) is 32.0 Å². The lowest BCUT2D eigenvalue weighted by Gasteiger charge is -2.20. The van der Waals surface area contributed by atoms with Crippen LogP contribution in [-0.2, 0) is 4.79 Å². The van der Waals surface area contributed by atoms with Gasteiger partial charge in [-0.05, 0) is 51.0 Å². The summed E-state index contributed by atoms with van der Waals surface area (Å²) in [5, 5.41) is 6.68. The van der Waals surface area contributed by atoms with Crippen LogP contribution in [0.4, 0.5) is 5.69 Å². The van der Waals surface area contributed by atoms with Crippen molar-refractivity contribution in [3.63, 3.8) is 0 Å². The molecule has 2 N–H and O–H groups in total. The van der Waals surface area contributed by atoms with Crippen molar-refractivity contribution in [2.75, 3.05) is 11.9 Å². The van der Waals surface area contributed by atoms with Gasteiger partial charge in [0.1, 0.15) is 15.6 Å². The number of carbonyl (C=O) groups is 2. The lowest BCUT2D eigenvalue weighted by molar-refractivity contribution is -0.118. The number of amides is 2. The molecular weight excluding hydrogens is 398 g/mol. The lowest BCUT2D eigenvalue weighted by Crippen LogP contribution is -2.28. The Labute approximate surface area is 179 Å². The zero-order chi connectivity index (χ0) is 21.4. The Balaban J connectivity index is 1.53. The summed E-state index contributed by atoms with van der Waals surface area (Å²) in [6.07, 6.45) is 0. The fourth-order valence-electron chi connectivity index (χ4n) is 3.49. The molecule has 3 aromatic rings. The second-order valence-corrected chi connectivity index (χ2v) is 8.54. The molecule has 154 valence electrons. The topological polar surface area (TPSA) is 80.3 Å². The molecule has 0 bridgehead atoms. The molecular formula is C23H23N3O3S. The Hall–Kier alpha value is -3.19. The predicted molar refractivity (Wildman–Crippen MR) is 118 cm³/mol. The number of benzene rings is 2. The van der Waals surface area contributed by atoms with Gasteiger partial charge in [0.15, 0.2) is 6.61 Å². The first kappa shape index (κ1) is 20.1. The van der Waals surface area contributed by atoms with Crippen molar-refractivity contribution in [3.8, 4) is 16.3 Å². The van der Waals surface area contributed by atoms with Crippen molar-refractivity contribution >= 4 is 28.8 Å². The molecule has 1 unspecified atom stereocenters. The van der Waals surface area contributed by atoms with Gasteiger partial charge in [-0.1, -0.05) is 29.8 Å². The number of rotatable bonds is 4. The van der Waals surface area contributed by atoms with Gasteiger partial charge in [0, 0.05) is 5.56 Å². The summed E-state index contributed by atoms with van der Waals surface area (Å²) in [6, 6.07) is 11.5. The quantitative estimate of drug-likeness (QED) is 0.647. The second-order valence-electron chi connectivity index (χ2n) is 7.54. The number of nitrogens with zero attached hydrogens (tertiary/aromatic N) is 1. The average molecular weight is 422 g/mol. The molecule has 1 aliphatic heterocycles. The molecule has 4 rings (SSSR count). The van der Waals surface area contributed by atoms with E-state index in [2.05, 4.69) is 47.7 Å². The fraction of sp³-hybridized carbons (Fsp3) is 0.261. The third-order valence-corrected chi connectivity index (χ3v) is 6.29. The molecule has 0 fully saturated rings. The highest BCUT2D eigenvalue weighted by molar-refractivity contribution is 7.17. The SMILES string of the molecule is Cc1ccc(-c2nc(C)c(C(=O)NC(C)c3ccc4c(c3)NC(=O)CO4)s2)c(C)c1. The Bertz CT molecular complexity index is 1150.